The first kappa shape index (κ1) is 17.8. The molecule has 0 bridgehead atoms. The van der Waals surface area contributed by atoms with Crippen molar-refractivity contribution >= 4 is 33.5 Å². The van der Waals surface area contributed by atoms with Gasteiger partial charge in [-0.3, -0.25) is 9.48 Å². The summed E-state index contributed by atoms with van der Waals surface area (Å²) in [5.41, 5.74) is 2.28. The van der Waals surface area contributed by atoms with Crippen molar-refractivity contribution in [2.24, 2.45) is 0 Å². The number of benzene rings is 2. The third-order valence-electron chi connectivity index (χ3n) is 4.39. The van der Waals surface area contributed by atoms with Gasteiger partial charge in [0.15, 0.2) is 0 Å². The van der Waals surface area contributed by atoms with Gasteiger partial charge in [0.05, 0.1) is 18.3 Å². The lowest BCUT2D eigenvalue weighted by molar-refractivity contribution is -0.116. The minimum atomic E-state index is -0.468. The second-order valence-corrected chi connectivity index (χ2v) is 6.46. The standard InChI is InChI=1S/C21H19N3O4/c1-3-27-15-7-5-14(6-8-15)23-19(25)12-24-20-16-10-13(2)4-9-18(16)28-21(26)17(20)11-22-24/h4-11H,3,12H2,1-2H3,(H,23,25). The van der Waals surface area contributed by atoms with Crippen LogP contribution in [0.3, 0.4) is 0 Å². The average molecular weight is 377 g/mol. The highest BCUT2D eigenvalue weighted by Gasteiger charge is 2.15. The molecule has 1 N–H and O–H groups in total. The van der Waals surface area contributed by atoms with Gasteiger partial charge in [-0.2, -0.15) is 5.10 Å². The predicted molar refractivity (Wildman–Crippen MR) is 107 cm³/mol. The van der Waals surface area contributed by atoms with Crippen molar-refractivity contribution < 1.29 is 13.9 Å². The first-order valence-corrected chi connectivity index (χ1v) is 8.97. The number of fused-ring (bicyclic) bond motifs is 3. The topological polar surface area (TPSA) is 86.4 Å². The molecule has 2 aromatic carbocycles. The molecular formula is C21H19N3O4. The van der Waals surface area contributed by atoms with Crippen molar-refractivity contribution in [3.63, 3.8) is 0 Å². The van der Waals surface area contributed by atoms with Crippen LogP contribution in [0.2, 0.25) is 0 Å². The zero-order chi connectivity index (χ0) is 19.7. The summed E-state index contributed by atoms with van der Waals surface area (Å²) < 4.78 is 12.3. The molecule has 2 heterocycles. The number of aromatic nitrogens is 2. The molecule has 28 heavy (non-hydrogen) atoms. The molecule has 0 unspecified atom stereocenters. The Morgan fingerprint density at radius 1 is 1.18 bits per heavy atom. The normalized spacial score (nSPS) is 11.1. The van der Waals surface area contributed by atoms with E-state index in [2.05, 4.69) is 10.4 Å². The molecule has 1 amide bonds. The summed E-state index contributed by atoms with van der Waals surface area (Å²) in [7, 11) is 0. The van der Waals surface area contributed by atoms with Crippen molar-refractivity contribution in [1.82, 2.24) is 9.78 Å². The maximum Gasteiger partial charge on any atom is 0.347 e. The largest absolute Gasteiger partial charge is 0.494 e. The van der Waals surface area contributed by atoms with Crippen LogP contribution in [-0.2, 0) is 11.3 Å². The second-order valence-electron chi connectivity index (χ2n) is 6.46. The summed E-state index contributed by atoms with van der Waals surface area (Å²) in [6.07, 6.45) is 1.44. The van der Waals surface area contributed by atoms with Crippen LogP contribution in [0.5, 0.6) is 5.75 Å². The lowest BCUT2D eigenvalue weighted by Crippen LogP contribution is -2.19. The number of carbonyl (C=O) groups is 1. The lowest BCUT2D eigenvalue weighted by Gasteiger charge is -2.09. The predicted octanol–water partition coefficient (Wildman–Crippen LogP) is 3.49. The Bertz CT molecular complexity index is 1220. The van der Waals surface area contributed by atoms with Crippen LogP contribution in [0.25, 0.3) is 21.9 Å². The quantitative estimate of drug-likeness (QED) is 0.538. The molecule has 0 saturated carbocycles. The fourth-order valence-electron chi connectivity index (χ4n) is 3.15. The Balaban J connectivity index is 1.64. The zero-order valence-electron chi connectivity index (χ0n) is 15.6. The second kappa shape index (κ2) is 7.19. The van der Waals surface area contributed by atoms with Crippen LogP contribution >= 0.6 is 0 Å². The Hall–Kier alpha value is -3.61. The van der Waals surface area contributed by atoms with Gasteiger partial charge in [-0.05, 0) is 50.2 Å². The molecule has 7 heteroatoms. The molecule has 0 atom stereocenters. The van der Waals surface area contributed by atoms with E-state index in [4.69, 9.17) is 9.15 Å². The number of hydrogen-bond donors (Lipinski definition) is 1. The van der Waals surface area contributed by atoms with Gasteiger partial charge in [-0.25, -0.2) is 4.79 Å². The number of hydrogen-bond acceptors (Lipinski definition) is 5. The van der Waals surface area contributed by atoms with Crippen molar-refractivity contribution in [2.75, 3.05) is 11.9 Å². The van der Waals surface area contributed by atoms with Crippen LogP contribution in [0.1, 0.15) is 12.5 Å². The molecular weight excluding hydrogens is 358 g/mol. The Kier molecular flexibility index (Phi) is 4.57. The van der Waals surface area contributed by atoms with Gasteiger partial charge in [0, 0.05) is 11.1 Å². The number of amides is 1. The van der Waals surface area contributed by atoms with E-state index in [0.717, 1.165) is 16.7 Å². The third kappa shape index (κ3) is 3.34. The number of anilines is 1. The van der Waals surface area contributed by atoms with Crippen molar-refractivity contribution in [1.29, 1.82) is 0 Å². The average Bonchev–Trinajstić information content (AvgIpc) is 3.09. The molecule has 4 aromatic rings. The summed E-state index contributed by atoms with van der Waals surface area (Å²) in [4.78, 5) is 24.7. The number of nitrogens with one attached hydrogen (secondary N) is 1. The molecule has 0 radical (unpaired) electrons. The molecule has 2 aromatic heterocycles. The lowest BCUT2D eigenvalue weighted by atomic mass is 10.1. The SMILES string of the molecule is CCOc1ccc(NC(=O)Cn2ncc3c(=O)oc4ccc(C)cc4c32)cc1. The Morgan fingerprint density at radius 3 is 2.71 bits per heavy atom. The van der Waals surface area contributed by atoms with Gasteiger partial charge < -0.3 is 14.5 Å². The molecule has 0 saturated heterocycles. The van der Waals surface area contributed by atoms with Crippen LogP contribution in [0.4, 0.5) is 5.69 Å². The van der Waals surface area contributed by atoms with Crippen molar-refractivity contribution in [3.8, 4) is 5.75 Å². The van der Waals surface area contributed by atoms with Gasteiger partial charge in [0.25, 0.3) is 0 Å². The van der Waals surface area contributed by atoms with E-state index in [0.29, 0.717) is 28.8 Å². The van der Waals surface area contributed by atoms with E-state index < -0.39 is 5.63 Å². The zero-order valence-corrected chi connectivity index (χ0v) is 15.6. The maximum atomic E-state index is 12.5. The van der Waals surface area contributed by atoms with E-state index in [1.807, 2.05) is 26.0 Å². The van der Waals surface area contributed by atoms with E-state index in [-0.39, 0.29) is 12.5 Å². The molecule has 0 aliphatic rings. The highest BCUT2D eigenvalue weighted by Crippen LogP contribution is 2.24. The first-order valence-electron chi connectivity index (χ1n) is 8.97. The minimum Gasteiger partial charge on any atom is -0.494 e. The van der Waals surface area contributed by atoms with Crippen LogP contribution in [0, 0.1) is 6.92 Å². The number of ether oxygens (including phenoxy) is 1. The number of aryl methyl sites for hydroxylation is 1. The first-order chi connectivity index (χ1) is 13.5. The molecule has 0 aliphatic carbocycles. The van der Waals surface area contributed by atoms with Crippen LogP contribution < -0.4 is 15.7 Å². The number of nitrogens with zero attached hydrogens (tertiary/aromatic N) is 2. The molecule has 0 fully saturated rings. The summed E-state index contributed by atoms with van der Waals surface area (Å²) >= 11 is 0. The van der Waals surface area contributed by atoms with E-state index >= 15 is 0 Å². The van der Waals surface area contributed by atoms with Crippen LogP contribution in [-0.4, -0.2) is 22.3 Å². The van der Waals surface area contributed by atoms with Gasteiger partial charge in [0.2, 0.25) is 5.91 Å². The fraction of sp³-hybridized carbons (Fsp3) is 0.190. The Labute approximate surface area is 160 Å². The van der Waals surface area contributed by atoms with E-state index in [1.165, 1.54) is 10.9 Å². The Morgan fingerprint density at radius 2 is 1.96 bits per heavy atom. The highest BCUT2D eigenvalue weighted by atomic mass is 16.5. The monoisotopic (exact) mass is 377 g/mol. The summed E-state index contributed by atoms with van der Waals surface area (Å²) in [5.74, 6) is 0.496. The van der Waals surface area contributed by atoms with E-state index in [9.17, 15) is 9.59 Å². The van der Waals surface area contributed by atoms with Crippen molar-refractivity contribution in [3.05, 3.63) is 64.6 Å². The minimum absolute atomic E-state index is 0.0246. The van der Waals surface area contributed by atoms with Crippen LogP contribution in [0.15, 0.2) is 57.9 Å². The maximum absolute atomic E-state index is 12.5. The third-order valence-corrected chi connectivity index (χ3v) is 4.39. The molecule has 0 spiro atoms. The summed E-state index contributed by atoms with van der Waals surface area (Å²) in [6, 6.07) is 12.7. The fourth-order valence-corrected chi connectivity index (χ4v) is 3.15. The smallest absolute Gasteiger partial charge is 0.347 e. The molecule has 0 aliphatic heterocycles. The van der Waals surface area contributed by atoms with Gasteiger partial charge in [0.1, 0.15) is 23.3 Å². The molecule has 4 rings (SSSR count). The number of carbonyl (C=O) groups excluding carboxylic acids is 1. The molecule has 7 nitrogen and oxygen atoms in total. The highest BCUT2D eigenvalue weighted by molar-refractivity contribution is 6.03. The summed E-state index contributed by atoms with van der Waals surface area (Å²) in [5, 5.41) is 8.17. The van der Waals surface area contributed by atoms with Gasteiger partial charge >= 0.3 is 5.63 Å². The van der Waals surface area contributed by atoms with Crippen molar-refractivity contribution in [2.45, 2.75) is 20.4 Å². The molecule has 142 valence electrons. The van der Waals surface area contributed by atoms with E-state index in [1.54, 1.807) is 30.3 Å². The summed E-state index contributed by atoms with van der Waals surface area (Å²) in [6.45, 7) is 4.42. The van der Waals surface area contributed by atoms with Gasteiger partial charge in [-0.1, -0.05) is 11.6 Å². The van der Waals surface area contributed by atoms with Gasteiger partial charge in [-0.15, -0.1) is 0 Å². The number of rotatable bonds is 5.